The summed E-state index contributed by atoms with van der Waals surface area (Å²) in [6, 6.07) is 9.57. The minimum Gasteiger partial charge on any atom is -0.364 e. The van der Waals surface area contributed by atoms with Gasteiger partial charge in [-0.3, -0.25) is 0 Å². The second-order valence-electron chi connectivity index (χ2n) is 3.60. The van der Waals surface area contributed by atoms with Gasteiger partial charge in [0.1, 0.15) is 12.5 Å². The topological polar surface area (TPSA) is 43.1 Å². The fourth-order valence-electron chi connectivity index (χ4n) is 1.55. The summed E-state index contributed by atoms with van der Waals surface area (Å²) in [6.07, 6.45) is 3.98. The lowest BCUT2D eigenvalue weighted by Gasteiger charge is -2.21. The number of carbonyl (C=O) groups excluding carboxylic acids is 1. The van der Waals surface area contributed by atoms with Gasteiger partial charge in [-0.1, -0.05) is 35.5 Å². The van der Waals surface area contributed by atoms with Crippen LogP contribution in [0.15, 0.2) is 47.3 Å². The molecule has 1 heterocycles. The highest BCUT2D eigenvalue weighted by Crippen LogP contribution is 2.29. The lowest BCUT2D eigenvalue weighted by molar-refractivity contribution is -0.111. The Kier molecular flexibility index (Phi) is 2.37. The third kappa shape index (κ3) is 1.56. The van der Waals surface area contributed by atoms with Gasteiger partial charge in [-0.2, -0.15) is 0 Å². The Labute approximate surface area is 87.7 Å². The van der Waals surface area contributed by atoms with Gasteiger partial charge in [-0.25, -0.2) is 0 Å². The zero-order valence-electron chi connectivity index (χ0n) is 8.38. The van der Waals surface area contributed by atoms with E-state index < -0.39 is 5.41 Å². The van der Waals surface area contributed by atoms with E-state index in [4.69, 9.17) is 4.52 Å². The van der Waals surface area contributed by atoms with Crippen LogP contribution in [0.25, 0.3) is 0 Å². The molecule has 0 amide bonds. The Morgan fingerprint density at radius 3 is 2.53 bits per heavy atom. The molecule has 2 aromatic rings. The van der Waals surface area contributed by atoms with Crippen molar-refractivity contribution in [3.63, 3.8) is 0 Å². The zero-order chi connectivity index (χ0) is 10.7. The largest absolute Gasteiger partial charge is 0.364 e. The quantitative estimate of drug-likeness (QED) is 0.715. The smallest absolute Gasteiger partial charge is 0.134 e. The summed E-state index contributed by atoms with van der Waals surface area (Å²) >= 11 is 0. The molecule has 1 aromatic heterocycles. The van der Waals surface area contributed by atoms with Gasteiger partial charge in [0, 0.05) is 5.56 Å². The molecule has 0 bridgehead atoms. The molecule has 1 unspecified atom stereocenters. The maximum atomic E-state index is 11.3. The van der Waals surface area contributed by atoms with Gasteiger partial charge in [-0.15, -0.1) is 0 Å². The maximum absolute atomic E-state index is 11.3. The Morgan fingerprint density at radius 1 is 1.27 bits per heavy atom. The van der Waals surface area contributed by atoms with Crippen LogP contribution in [0, 0.1) is 0 Å². The number of aromatic nitrogens is 1. The van der Waals surface area contributed by atoms with Gasteiger partial charge in [0.25, 0.3) is 0 Å². The zero-order valence-corrected chi connectivity index (χ0v) is 8.38. The van der Waals surface area contributed by atoms with Crippen LogP contribution in [-0.2, 0) is 10.2 Å². The van der Waals surface area contributed by atoms with Crippen molar-refractivity contribution in [2.45, 2.75) is 12.3 Å². The summed E-state index contributed by atoms with van der Waals surface area (Å²) in [6.45, 7) is 1.85. The van der Waals surface area contributed by atoms with E-state index in [0.717, 1.165) is 17.4 Å². The number of aldehydes is 1. The number of hydrogen-bond donors (Lipinski definition) is 0. The molecule has 15 heavy (non-hydrogen) atoms. The second kappa shape index (κ2) is 3.69. The highest BCUT2D eigenvalue weighted by Gasteiger charge is 2.29. The predicted octanol–water partition coefficient (Wildman–Crippen LogP) is 2.18. The van der Waals surface area contributed by atoms with E-state index in [1.807, 2.05) is 37.3 Å². The Hall–Kier alpha value is -1.90. The van der Waals surface area contributed by atoms with Crippen LogP contribution in [0.4, 0.5) is 0 Å². The molecule has 76 valence electrons. The fraction of sp³-hybridized carbons (Fsp3) is 0.167. The molecule has 0 fully saturated rings. The van der Waals surface area contributed by atoms with Gasteiger partial charge in [0.05, 0.1) is 11.6 Å². The predicted molar refractivity (Wildman–Crippen MR) is 55.5 cm³/mol. The van der Waals surface area contributed by atoms with Crippen molar-refractivity contribution < 1.29 is 9.32 Å². The summed E-state index contributed by atoms with van der Waals surface area (Å²) < 4.78 is 4.78. The number of nitrogens with zero attached hydrogens (tertiary/aromatic N) is 1. The van der Waals surface area contributed by atoms with E-state index in [1.54, 1.807) is 6.20 Å². The summed E-state index contributed by atoms with van der Waals surface area (Å²) in [5.74, 6) is 0. The highest BCUT2D eigenvalue weighted by molar-refractivity contribution is 5.73. The van der Waals surface area contributed by atoms with Gasteiger partial charge in [0.15, 0.2) is 0 Å². The van der Waals surface area contributed by atoms with Crippen LogP contribution in [0.3, 0.4) is 0 Å². The fourth-order valence-corrected chi connectivity index (χ4v) is 1.55. The van der Waals surface area contributed by atoms with Crippen molar-refractivity contribution in [1.29, 1.82) is 0 Å². The first-order valence-electron chi connectivity index (χ1n) is 4.69. The van der Waals surface area contributed by atoms with Crippen LogP contribution < -0.4 is 0 Å². The van der Waals surface area contributed by atoms with Crippen molar-refractivity contribution in [2.75, 3.05) is 0 Å². The molecular weight excluding hydrogens is 190 g/mol. The minimum absolute atomic E-state index is 0.679. The van der Waals surface area contributed by atoms with E-state index >= 15 is 0 Å². The second-order valence-corrected chi connectivity index (χ2v) is 3.60. The molecule has 1 aromatic carbocycles. The molecule has 0 aliphatic carbocycles. The van der Waals surface area contributed by atoms with Crippen molar-refractivity contribution in [3.05, 3.63) is 53.9 Å². The summed E-state index contributed by atoms with van der Waals surface area (Å²) in [4.78, 5) is 11.3. The third-order valence-corrected chi connectivity index (χ3v) is 2.64. The van der Waals surface area contributed by atoms with Crippen LogP contribution in [0.2, 0.25) is 0 Å². The molecule has 0 saturated carbocycles. The van der Waals surface area contributed by atoms with E-state index in [2.05, 4.69) is 5.16 Å². The normalized spacial score (nSPS) is 14.5. The first-order valence-corrected chi connectivity index (χ1v) is 4.69. The van der Waals surface area contributed by atoms with Gasteiger partial charge in [0.2, 0.25) is 0 Å². The first kappa shape index (κ1) is 9.65. The van der Waals surface area contributed by atoms with Crippen LogP contribution in [-0.4, -0.2) is 11.4 Å². The van der Waals surface area contributed by atoms with Crippen LogP contribution >= 0.6 is 0 Å². The molecule has 0 saturated heterocycles. The molecule has 0 radical (unpaired) electrons. The Bertz CT molecular complexity index is 436. The highest BCUT2D eigenvalue weighted by atomic mass is 16.5. The van der Waals surface area contributed by atoms with Crippen molar-refractivity contribution in [1.82, 2.24) is 5.16 Å². The Balaban J connectivity index is 2.52. The molecular formula is C12H11NO2. The molecule has 3 heteroatoms. The monoisotopic (exact) mass is 201 g/mol. The third-order valence-electron chi connectivity index (χ3n) is 2.64. The summed E-state index contributed by atoms with van der Waals surface area (Å²) in [5.41, 5.74) is 1.02. The van der Waals surface area contributed by atoms with E-state index in [9.17, 15) is 4.79 Å². The van der Waals surface area contributed by atoms with Crippen LogP contribution in [0.1, 0.15) is 18.1 Å². The lowest BCUT2D eigenvalue weighted by atomic mass is 9.79. The number of rotatable bonds is 3. The molecule has 2 rings (SSSR count). The maximum Gasteiger partial charge on any atom is 0.134 e. The average Bonchev–Trinajstić information content (AvgIpc) is 2.83. The number of benzene rings is 1. The molecule has 0 aliphatic heterocycles. The molecule has 0 N–H and O–H groups in total. The lowest BCUT2D eigenvalue weighted by Crippen LogP contribution is -2.24. The first-order chi connectivity index (χ1) is 7.27. The molecule has 3 nitrogen and oxygen atoms in total. The average molecular weight is 201 g/mol. The molecule has 0 aliphatic rings. The summed E-state index contributed by atoms with van der Waals surface area (Å²) in [5, 5.41) is 3.63. The Morgan fingerprint density at radius 2 is 2.00 bits per heavy atom. The van der Waals surface area contributed by atoms with Gasteiger partial charge < -0.3 is 9.32 Å². The number of carbonyl (C=O) groups is 1. The van der Waals surface area contributed by atoms with E-state index in [-0.39, 0.29) is 0 Å². The summed E-state index contributed by atoms with van der Waals surface area (Å²) in [7, 11) is 0. The minimum atomic E-state index is -0.679. The van der Waals surface area contributed by atoms with E-state index in [1.165, 1.54) is 6.26 Å². The molecule has 1 atom stereocenters. The van der Waals surface area contributed by atoms with E-state index in [0.29, 0.717) is 0 Å². The van der Waals surface area contributed by atoms with Gasteiger partial charge >= 0.3 is 0 Å². The van der Waals surface area contributed by atoms with Crippen molar-refractivity contribution in [2.24, 2.45) is 0 Å². The SMILES string of the molecule is CC(C=O)(c1ccccc1)c1cnoc1. The number of hydrogen-bond acceptors (Lipinski definition) is 3. The molecule has 0 spiro atoms. The standard InChI is InChI=1S/C12H11NO2/c1-12(9-14,11-7-13-15-8-11)10-5-3-2-4-6-10/h2-9H,1H3. The van der Waals surface area contributed by atoms with Gasteiger partial charge in [-0.05, 0) is 12.5 Å². The van der Waals surface area contributed by atoms with Crippen molar-refractivity contribution in [3.8, 4) is 0 Å². The van der Waals surface area contributed by atoms with Crippen LogP contribution in [0.5, 0.6) is 0 Å². The van der Waals surface area contributed by atoms with Crippen molar-refractivity contribution >= 4 is 6.29 Å².